The Balaban J connectivity index is 1.54. The predicted molar refractivity (Wildman–Crippen MR) is 75.8 cm³/mol. The van der Waals surface area contributed by atoms with Crippen molar-refractivity contribution in [1.29, 1.82) is 0 Å². The first kappa shape index (κ1) is 13.2. The Morgan fingerprint density at radius 1 is 1.00 bits per heavy atom. The average Bonchev–Trinajstić information content (AvgIpc) is 3.10. The lowest BCUT2D eigenvalue weighted by Crippen LogP contribution is -2.42. The zero-order valence-electron chi connectivity index (χ0n) is 11.7. The smallest absolute Gasteiger partial charge is 0.168 e. The van der Waals surface area contributed by atoms with E-state index < -0.39 is 11.4 Å². The summed E-state index contributed by atoms with van der Waals surface area (Å²) in [6.07, 6.45) is 7.65. The maximum absolute atomic E-state index is 11.0. The molecule has 0 bridgehead atoms. The van der Waals surface area contributed by atoms with Crippen LogP contribution in [-0.2, 0) is 27.9 Å². The number of hydrogen-bond donors (Lipinski definition) is 1. The third-order valence-corrected chi connectivity index (χ3v) is 6.25. The molecule has 110 valence electrons. The molecule has 5 heteroatoms. The fourth-order valence-corrected chi connectivity index (χ4v) is 4.89. The topological polar surface area (TPSA) is 51.6 Å². The van der Waals surface area contributed by atoms with Crippen molar-refractivity contribution >= 4 is 11.3 Å². The number of rotatable bonds is 1. The summed E-state index contributed by atoms with van der Waals surface area (Å²) in [6, 6.07) is 0. The molecule has 4 nitrogen and oxygen atoms in total. The lowest BCUT2D eigenvalue weighted by Gasteiger charge is -2.39. The van der Waals surface area contributed by atoms with Crippen LogP contribution >= 0.6 is 11.3 Å². The number of fused-ring (bicyclic) bond motifs is 1. The third-order valence-electron chi connectivity index (χ3n) is 4.90. The van der Waals surface area contributed by atoms with E-state index in [0.29, 0.717) is 26.1 Å². The molecule has 3 aliphatic rings. The standard InChI is InChI=1S/C15H21NO3S/c17-14(5-7-15(8-6-14)18-9-10-19-15)13-16-11-3-1-2-4-12(11)20-13/h17H,1-10H2. The minimum absolute atomic E-state index is 0.414. The Hall–Kier alpha value is -0.490. The first-order chi connectivity index (χ1) is 9.69. The van der Waals surface area contributed by atoms with Gasteiger partial charge in [-0.15, -0.1) is 11.3 Å². The molecule has 1 spiro atoms. The van der Waals surface area contributed by atoms with Crippen LogP contribution in [0.5, 0.6) is 0 Å². The highest BCUT2D eigenvalue weighted by Crippen LogP contribution is 2.46. The second-order valence-electron chi connectivity index (χ2n) is 6.24. The SMILES string of the molecule is OC1(c2nc3c(s2)CCCC3)CCC2(CC1)OCCO2. The first-order valence-corrected chi connectivity index (χ1v) is 8.50. The summed E-state index contributed by atoms with van der Waals surface area (Å²) in [4.78, 5) is 6.14. The van der Waals surface area contributed by atoms with Gasteiger partial charge in [-0.05, 0) is 38.5 Å². The molecule has 20 heavy (non-hydrogen) atoms. The third kappa shape index (κ3) is 2.11. The molecule has 1 aromatic rings. The van der Waals surface area contributed by atoms with Crippen LogP contribution in [0.15, 0.2) is 0 Å². The molecule has 2 aliphatic carbocycles. The maximum atomic E-state index is 11.0. The quantitative estimate of drug-likeness (QED) is 0.865. The van der Waals surface area contributed by atoms with Crippen molar-refractivity contribution < 1.29 is 14.6 Å². The Morgan fingerprint density at radius 3 is 2.40 bits per heavy atom. The van der Waals surface area contributed by atoms with Crippen molar-refractivity contribution in [3.05, 3.63) is 15.6 Å². The van der Waals surface area contributed by atoms with Crippen LogP contribution in [0.4, 0.5) is 0 Å². The molecule has 0 radical (unpaired) electrons. The van der Waals surface area contributed by atoms with Crippen LogP contribution in [0, 0.1) is 0 Å². The summed E-state index contributed by atoms with van der Waals surface area (Å²) >= 11 is 1.73. The summed E-state index contributed by atoms with van der Waals surface area (Å²) in [7, 11) is 0. The molecule has 1 aromatic heterocycles. The molecule has 1 saturated heterocycles. The van der Waals surface area contributed by atoms with E-state index in [9.17, 15) is 5.11 Å². The zero-order valence-corrected chi connectivity index (χ0v) is 12.5. The van der Waals surface area contributed by atoms with E-state index in [2.05, 4.69) is 0 Å². The van der Waals surface area contributed by atoms with Crippen LogP contribution < -0.4 is 0 Å². The molecule has 2 heterocycles. The van der Waals surface area contributed by atoms with Gasteiger partial charge >= 0.3 is 0 Å². The fourth-order valence-electron chi connectivity index (χ4n) is 3.60. The fraction of sp³-hybridized carbons (Fsp3) is 0.800. The van der Waals surface area contributed by atoms with E-state index in [1.54, 1.807) is 11.3 Å². The second-order valence-corrected chi connectivity index (χ2v) is 7.32. The van der Waals surface area contributed by atoms with Gasteiger partial charge in [0.05, 0.1) is 18.9 Å². The van der Waals surface area contributed by atoms with Gasteiger partial charge in [-0.25, -0.2) is 4.98 Å². The van der Waals surface area contributed by atoms with Crippen molar-refractivity contribution in [3.8, 4) is 0 Å². The van der Waals surface area contributed by atoms with Gasteiger partial charge in [0.25, 0.3) is 0 Å². The Kier molecular flexibility index (Phi) is 3.14. The van der Waals surface area contributed by atoms with Gasteiger partial charge < -0.3 is 14.6 Å². The Bertz CT molecular complexity index is 474. The minimum atomic E-state index is -0.761. The lowest BCUT2D eigenvalue weighted by molar-refractivity contribution is -0.204. The summed E-state index contributed by atoms with van der Waals surface area (Å²) in [6.45, 7) is 1.37. The number of aryl methyl sites for hydroxylation is 2. The van der Waals surface area contributed by atoms with Gasteiger partial charge in [-0.1, -0.05) is 0 Å². The zero-order chi connectivity index (χ0) is 13.6. The van der Waals surface area contributed by atoms with Crippen LogP contribution in [0.2, 0.25) is 0 Å². The molecule has 4 rings (SSSR count). The van der Waals surface area contributed by atoms with Crippen LogP contribution in [-0.4, -0.2) is 29.1 Å². The van der Waals surface area contributed by atoms with E-state index in [4.69, 9.17) is 14.5 Å². The number of thiazole rings is 1. The lowest BCUT2D eigenvalue weighted by atomic mass is 9.81. The van der Waals surface area contributed by atoms with Crippen molar-refractivity contribution in [1.82, 2.24) is 4.98 Å². The largest absolute Gasteiger partial charge is 0.383 e. The minimum Gasteiger partial charge on any atom is -0.383 e. The summed E-state index contributed by atoms with van der Waals surface area (Å²) in [5.74, 6) is -0.414. The van der Waals surface area contributed by atoms with Gasteiger partial charge in [-0.2, -0.15) is 0 Å². The highest BCUT2D eigenvalue weighted by Gasteiger charge is 2.47. The van der Waals surface area contributed by atoms with Crippen LogP contribution in [0.3, 0.4) is 0 Å². The molecule has 0 aromatic carbocycles. The van der Waals surface area contributed by atoms with Crippen LogP contribution in [0.25, 0.3) is 0 Å². The number of ether oxygens (including phenoxy) is 2. The Labute approximate surface area is 123 Å². The van der Waals surface area contributed by atoms with E-state index >= 15 is 0 Å². The maximum Gasteiger partial charge on any atom is 0.168 e. The second kappa shape index (κ2) is 4.77. The van der Waals surface area contributed by atoms with Crippen molar-refractivity contribution in [2.75, 3.05) is 13.2 Å². The van der Waals surface area contributed by atoms with Gasteiger partial charge in [0.15, 0.2) is 5.79 Å². The molecular weight excluding hydrogens is 274 g/mol. The summed E-state index contributed by atoms with van der Waals surface area (Å²) in [5.41, 5.74) is 0.473. The van der Waals surface area contributed by atoms with Gasteiger partial charge in [-0.3, -0.25) is 0 Å². The Morgan fingerprint density at radius 2 is 1.70 bits per heavy atom. The summed E-state index contributed by atoms with van der Waals surface area (Å²) < 4.78 is 11.5. The van der Waals surface area contributed by atoms with Gasteiger partial charge in [0.2, 0.25) is 0 Å². The number of nitrogens with zero attached hydrogens (tertiary/aromatic N) is 1. The molecule has 0 unspecified atom stereocenters. The van der Waals surface area contributed by atoms with Gasteiger partial charge in [0, 0.05) is 17.7 Å². The predicted octanol–water partition coefficient (Wildman–Crippen LogP) is 2.53. The highest BCUT2D eigenvalue weighted by molar-refractivity contribution is 7.11. The number of aromatic nitrogens is 1. The molecule has 1 aliphatic heterocycles. The first-order valence-electron chi connectivity index (χ1n) is 7.69. The van der Waals surface area contributed by atoms with E-state index in [-0.39, 0.29) is 0 Å². The number of hydrogen-bond acceptors (Lipinski definition) is 5. The molecule has 1 saturated carbocycles. The highest BCUT2D eigenvalue weighted by atomic mass is 32.1. The van der Waals surface area contributed by atoms with Crippen molar-refractivity contribution in [2.24, 2.45) is 0 Å². The van der Waals surface area contributed by atoms with Gasteiger partial charge in [0.1, 0.15) is 10.6 Å². The summed E-state index contributed by atoms with van der Waals surface area (Å²) in [5, 5.41) is 11.9. The van der Waals surface area contributed by atoms with E-state index in [0.717, 1.165) is 30.7 Å². The molecule has 2 fully saturated rings. The number of aliphatic hydroxyl groups is 1. The molecule has 0 amide bonds. The van der Waals surface area contributed by atoms with Crippen molar-refractivity contribution in [3.63, 3.8) is 0 Å². The van der Waals surface area contributed by atoms with E-state index in [1.165, 1.54) is 23.4 Å². The van der Waals surface area contributed by atoms with Crippen molar-refractivity contribution in [2.45, 2.75) is 62.8 Å². The van der Waals surface area contributed by atoms with E-state index in [1.807, 2.05) is 0 Å². The average molecular weight is 295 g/mol. The molecule has 1 N–H and O–H groups in total. The molecular formula is C15H21NO3S. The normalized spacial score (nSPS) is 27.6. The molecule has 0 atom stereocenters. The monoisotopic (exact) mass is 295 g/mol. The van der Waals surface area contributed by atoms with Crippen LogP contribution in [0.1, 0.15) is 54.1 Å².